The molecule has 2 rings (SSSR count). The van der Waals surface area contributed by atoms with Crippen LogP contribution in [0.3, 0.4) is 0 Å². The monoisotopic (exact) mass is 354 g/mol. The van der Waals surface area contributed by atoms with Gasteiger partial charge in [0.15, 0.2) is 0 Å². The first-order valence-corrected chi connectivity index (χ1v) is 9.37. The molecule has 144 valence electrons. The number of nitrogens with one attached hydrogen (secondary N) is 2. The Hall–Kier alpha value is -1.50. The number of amides is 3. The van der Waals surface area contributed by atoms with Crippen LogP contribution in [-0.4, -0.2) is 72.8 Å². The van der Waals surface area contributed by atoms with Gasteiger partial charge in [-0.1, -0.05) is 0 Å². The average Bonchev–Trinajstić information content (AvgIpc) is 2.92. The zero-order valence-electron chi connectivity index (χ0n) is 16.3. The first-order valence-electron chi connectivity index (χ1n) is 9.37. The molecule has 0 aromatic carbocycles. The maximum Gasteiger partial charge on any atom is 0.407 e. The molecule has 0 bridgehead atoms. The van der Waals surface area contributed by atoms with Gasteiger partial charge in [-0.3, -0.25) is 0 Å². The summed E-state index contributed by atoms with van der Waals surface area (Å²) in [4.78, 5) is 27.6. The molecule has 2 unspecified atom stereocenters. The maximum atomic E-state index is 12.0. The molecule has 2 fully saturated rings. The molecule has 1 heterocycles. The highest BCUT2D eigenvalue weighted by molar-refractivity contribution is 5.73. The van der Waals surface area contributed by atoms with Crippen molar-refractivity contribution in [1.82, 2.24) is 20.4 Å². The fraction of sp³-hybridized carbons (Fsp3) is 0.889. The summed E-state index contributed by atoms with van der Waals surface area (Å²) in [7, 11) is 3.58. The van der Waals surface area contributed by atoms with Crippen LogP contribution in [0, 0.1) is 0 Å². The molecule has 1 aliphatic carbocycles. The third-order valence-electron chi connectivity index (χ3n) is 4.82. The molecule has 7 heteroatoms. The Kier molecular flexibility index (Phi) is 6.54. The minimum atomic E-state index is -0.475. The number of hydrogen-bond acceptors (Lipinski definition) is 4. The van der Waals surface area contributed by atoms with Gasteiger partial charge in [0.2, 0.25) is 0 Å². The van der Waals surface area contributed by atoms with Gasteiger partial charge < -0.3 is 25.2 Å². The van der Waals surface area contributed by atoms with Crippen molar-refractivity contribution >= 4 is 12.1 Å². The number of piperidine rings is 1. The molecule has 25 heavy (non-hydrogen) atoms. The summed E-state index contributed by atoms with van der Waals surface area (Å²) in [6.45, 7) is 7.19. The molecule has 7 nitrogen and oxygen atoms in total. The lowest BCUT2D eigenvalue weighted by Crippen LogP contribution is -2.54. The fourth-order valence-electron chi connectivity index (χ4n) is 3.61. The van der Waals surface area contributed by atoms with E-state index in [1.54, 1.807) is 19.0 Å². The van der Waals surface area contributed by atoms with Crippen LogP contribution in [0.4, 0.5) is 9.59 Å². The van der Waals surface area contributed by atoms with Crippen molar-refractivity contribution < 1.29 is 14.3 Å². The lowest BCUT2D eigenvalue weighted by Gasteiger charge is -2.36. The summed E-state index contributed by atoms with van der Waals surface area (Å²) < 4.78 is 5.37. The number of urea groups is 1. The Balaban J connectivity index is 1.78. The van der Waals surface area contributed by atoms with Crippen LogP contribution in [-0.2, 0) is 4.74 Å². The molecule has 0 aromatic heterocycles. The standard InChI is InChI=1S/C18H34N4O3/c1-18(2,3)25-16(23)20-15-8-6-7-14(15)19-13-9-11-22(12-10-13)17(24)21(4)5/h13-15,19H,6-12H2,1-5H3,(H,20,23). The molecule has 1 aliphatic heterocycles. The van der Waals surface area contributed by atoms with E-state index in [9.17, 15) is 9.59 Å². The quantitative estimate of drug-likeness (QED) is 0.815. The first kappa shape index (κ1) is 19.8. The number of nitrogens with zero attached hydrogens (tertiary/aromatic N) is 2. The number of ether oxygens (including phenoxy) is 1. The van der Waals surface area contributed by atoms with Gasteiger partial charge in [-0.05, 0) is 52.9 Å². The summed E-state index contributed by atoms with van der Waals surface area (Å²) in [6.07, 6.45) is 4.73. The Morgan fingerprint density at radius 2 is 1.64 bits per heavy atom. The van der Waals surface area contributed by atoms with Gasteiger partial charge in [0.25, 0.3) is 0 Å². The molecule has 2 atom stereocenters. The molecular formula is C18H34N4O3. The molecule has 2 aliphatic rings. The Morgan fingerprint density at radius 1 is 1.04 bits per heavy atom. The zero-order valence-corrected chi connectivity index (χ0v) is 16.3. The van der Waals surface area contributed by atoms with E-state index < -0.39 is 5.60 Å². The van der Waals surface area contributed by atoms with Crippen LogP contribution < -0.4 is 10.6 Å². The molecule has 0 radical (unpaired) electrons. The SMILES string of the molecule is CN(C)C(=O)N1CCC(NC2CCCC2NC(=O)OC(C)(C)C)CC1. The molecular weight excluding hydrogens is 320 g/mol. The lowest BCUT2D eigenvalue weighted by atomic mass is 10.0. The minimum absolute atomic E-state index is 0.0868. The number of carbonyl (C=O) groups is 2. The van der Waals surface area contributed by atoms with Crippen molar-refractivity contribution in [3.05, 3.63) is 0 Å². The van der Waals surface area contributed by atoms with Gasteiger partial charge in [-0.15, -0.1) is 0 Å². The van der Waals surface area contributed by atoms with Crippen molar-refractivity contribution in [3.8, 4) is 0 Å². The van der Waals surface area contributed by atoms with Crippen LogP contribution in [0.2, 0.25) is 0 Å². The summed E-state index contributed by atoms with van der Waals surface area (Å²) >= 11 is 0. The minimum Gasteiger partial charge on any atom is -0.444 e. The van der Waals surface area contributed by atoms with E-state index in [0.29, 0.717) is 6.04 Å². The third kappa shape index (κ3) is 6.06. The van der Waals surface area contributed by atoms with Gasteiger partial charge in [-0.2, -0.15) is 0 Å². The molecule has 1 saturated carbocycles. The second-order valence-electron chi connectivity index (χ2n) is 8.40. The second kappa shape index (κ2) is 8.25. The lowest BCUT2D eigenvalue weighted by molar-refractivity contribution is 0.0495. The number of alkyl carbamates (subject to hydrolysis) is 1. The van der Waals surface area contributed by atoms with Crippen LogP contribution >= 0.6 is 0 Å². The largest absolute Gasteiger partial charge is 0.444 e. The summed E-state index contributed by atoms with van der Waals surface area (Å²) in [5.41, 5.74) is -0.475. The predicted octanol–water partition coefficient (Wildman–Crippen LogP) is 2.17. The average molecular weight is 354 g/mol. The zero-order chi connectivity index (χ0) is 18.6. The topological polar surface area (TPSA) is 73.9 Å². The number of rotatable bonds is 3. The van der Waals surface area contributed by atoms with E-state index in [2.05, 4.69) is 10.6 Å². The Labute approximate surface area is 151 Å². The van der Waals surface area contributed by atoms with E-state index in [0.717, 1.165) is 45.2 Å². The van der Waals surface area contributed by atoms with Crippen LogP contribution in [0.5, 0.6) is 0 Å². The highest BCUT2D eigenvalue weighted by Crippen LogP contribution is 2.22. The van der Waals surface area contributed by atoms with Crippen molar-refractivity contribution in [2.45, 2.75) is 76.6 Å². The highest BCUT2D eigenvalue weighted by atomic mass is 16.6. The highest BCUT2D eigenvalue weighted by Gasteiger charge is 2.33. The van der Waals surface area contributed by atoms with Gasteiger partial charge in [0.05, 0.1) is 0 Å². The summed E-state index contributed by atoms with van der Waals surface area (Å²) in [5.74, 6) is 0. The first-order chi connectivity index (χ1) is 11.7. The van der Waals surface area contributed by atoms with Gasteiger partial charge >= 0.3 is 12.1 Å². The summed E-state index contributed by atoms with van der Waals surface area (Å²) in [6, 6.07) is 0.894. The fourth-order valence-corrected chi connectivity index (χ4v) is 3.61. The molecule has 0 aromatic rings. The molecule has 2 N–H and O–H groups in total. The molecule has 3 amide bonds. The normalized spacial score (nSPS) is 24.9. The van der Waals surface area contributed by atoms with Crippen molar-refractivity contribution in [3.63, 3.8) is 0 Å². The van der Waals surface area contributed by atoms with E-state index in [-0.39, 0.29) is 24.2 Å². The second-order valence-corrected chi connectivity index (χ2v) is 8.40. The van der Waals surface area contributed by atoms with Gasteiger partial charge in [0.1, 0.15) is 5.60 Å². The van der Waals surface area contributed by atoms with Crippen LogP contribution in [0.1, 0.15) is 52.9 Å². The Bertz CT molecular complexity index is 467. The van der Waals surface area contributed by atoms with Crippen LogP contribution in [0.25, 0.3) is 0 Å². The predicted molar refractivity (Wildman–Crippen MR) is 97.6 cm³/mol. The number of likely N-dealkylation sites (tertiary alicyclic amines) is 1. The van der Waals surface area contributed by atoms with Gasteiger partial charge in [0, 0.05) is 45.3 Å². The van der Waals surface area contributed by atoms with Crippen molar-refractivity contribution in [2.24, 2.45) is 0 Å². The molecule has 1 saturated heterocycles. The Morgan fingerprint density at radius 3 is 2.20 bits per heavy atom. The third-order valence-corrected chi connectivity index (χ3v) is 4.82. The maximum absolute atomic E-state index is 12.0. The van der Waals surface area contributed by atoms with Crippen LogP contribution in [0.15, 0.2) is 0 Å². The van der Waals surface area contributed by atoms with Crippen molar-refractivity contribution in [2.75, 3.05) is 27.2 Å². The van der Waals surface area contributed by atoms with E-state index in [1.165, 1.54) is 0 Å². The van der Waals surface area contributed by atoms with Crippen molar-refractivity contribution in [1.29, 1.82) is 0 Å². The van der Waals surface area contributed by atoms with Gasteiger partial charge in [-0.25, -0.2) is 9.59 Å². The summed E-state index contributed by atoms with van der Waals surface area (Å²) in [5, 5.41) is 6.73. The number of hydrogen-bond donors (Lipinski definition) is 2. The number of carbonyl (C=O) groups excluding carboxylic acids is 2. The van der Waals surface area contributed by atoms with E-state index >= 15 is 0 Å². The molecule has 0 spiro atoms. The van der Waals surface area contributed by atoms with E-state index in [4.69, 9.17) is 4.74 Å². The van der Waals surface area contributed by atoms with E-state index in [1.807, 2.05) is 25.7 Å². The smallest absolute Gasteiger partial charge is 0.407 e.